The van der Waals surface area contributed by atoms with Crippen LogP contribution in [-0.2, 0) is 0 Å². The maximum atomic E-state index is 8.31. The van der Waals surface area contributed by atoms with Crippen LogP contribution < -0.4 is 0 Å². The van der Waals surface area contributed by atoms with Crippen LogP contribution in [0.1, 0.15) is 0 Å². The number of allylic oxidation sites excluding steroid dienone is 4. The molecule has 0 spiro atoms. The second-order valence-electron chi connectivity index (χ2n) is 2.16. The monoisotopic (exact) mass is 224 g/mol. The Labute approximate surface area is 90.1 Å². The van der Waals surface area contributed by atoms with Crippen molar-refractivity contribution in [2.24, 2.45) is 9.98 Å². The van der Waals surface area contributed by atoms with Gasteiger partial charge in [0.2, 0.25) is 12.4 Å². The zero-order chi connectivity index (χ0) is 10.6. The predicted octanol–water partition coefficient (Wildman–Crippen LogP) is 2.09. The van der Waals surface area contributed by atoms with E-state index in [-0.39, 0.29) is 21.5 Å². The summed E-state index contributed by atoms with van der Waals surface area (Å²) in [6, 6.07) is 0. The smallest absolute Gasteiger partial charge is 0.172 e. The number of rotatable bonds is 0. The summed E-state index contributed by atoms with van der Waals surface area (Å²) in [7, 11) is 0. The van der Waals surface area contributed by atoms with Crippen LogP contribution in [-0.4, -0.2) is 11.4 Å². The Kier molecular flexibility index (Phi) is 3.41. The van der Waals surface area contributed by atoms with Crippen LogP contribution in [0.4, 0.5) is 0 Å². The first kappa shape index (κ1) is 10.5. The molecule has 0 aromatic rings. The highest BCUT2D eigenvalue weighted by Crippen LogP contribution is 2.22. The van der Waals surface area contributed by atoms with Crippen molar-refractivity contribution >= 4 is 34.6 Å². The van der Waals surface area contributed by atoms with Crippen LogP contribution in [0, 0.1) is 22.9 Å². The minimum atomic E-state index is 0.115. The molecule has 0 radical (unpaired) electrons. The van der Waals surface area contributed by atoms with Crippen LogP contribution in [0.5, 0.6) is 0 Å². The van der Waals surface area contributed by atoms with Gasteiger partial charge >= 0.3 is 0 Å². The number of halogens is 2. The molecule has 0 unspecified atom stereocenters. The van der Waals surface area contributed by atoms with Crippen LogP contribution in [0.3, 0.4) is 0 Å². The van der Waals surface area contributed by atoms with Crippen molar-refractivity contribution in [3.05, 3.63) is 22.2 Å². The summed E-state index contributed by atoms with van der Waals surface area (Å²) in [6.07, 6.45) is 6.11. The van der Waals surface area contributed by atoms with Crippen molar-refractivity contribution in [1.82, 2.24) is 0 Å². The first-order valence-electron chi connectivity index (χ1n) is 3.38. The average molecular weight is 225 g/mol. The van der Waals surface area contributed by atoms with E-state index in [1.54, 1.807) is 12.4 Å². The Morgan fingerprint density at radius 1 is 0.929 bits per heavy atom. The van der Waals surface area contributed by atoms with Crippen molar-refractivity contribution in [3.8, 4) is 12.4 Å². The Morgan fingerprint density at radius 2 is 1.29 bits per heavy atom. The molecule has 0 aromatic carbocycles. The van der Waals surface area contributed by atoms with Gasteiger partial charge in [0.05, 0.1) is 21.5 Å². The third-order valence-corrected chi connectivity index (χ3v) is 2.24. The summed E-state index contributed by atoms with van der Waals surface area (Å²) in [4.78, 5) is 6.87. The van der Waals surface area contributed by atoms with Gasteiger partial charge in [-0.2, -0.15) is 20.5 Å². The topological polar surface area (TPSA) is 72.3 Å². The quantitative estimate of drug-likeness (QED) is 0.467. The summed E-state index contributed by atoms with van der Waals surface area (Å²) >= 11 is 11.5. The van der Waals surface area contributed by atoms with Gasteiger partial charge < -0.3 is 0 Å². The Bertz CT molecular complexity index is 415. The highest BCUT2D eigenvalue weighted by atomic mass is 35.5. The van der Waals surface area contributed by atoms with Crippen molar-refractivity contribution in [2.45, 2.75) is 0 Å². The number of nitriles is 2. The number of hydrogen-bond acceptors (Lipinski definition) is 4. The van der Waals surface area contributed by atoms with Crippen molar-refractivity contribution in [2.75, 3.05) is 0 Å². The lowest BCUT2D eigenvalue weighted by Crippen LogP contribution is -2.08. The fourth-order valence-electron chi connectivity index (χ4n) is 0.810. The number of nitrogens with zero attached hydrogens (tertiary/aromatic N) is 4. The highest BCUT2D eigenvalue weighted by Gasteiger charge is 2.16. The second-order valence-corrected chi connectivity index (χ2v) is 2.91. The van der Waals surface area contributed by atoms with E-state index in [2.05, 4.69) is 9.98 Å². The molecule has 0 saturated carbocycles. The minimum absolute atomic E-state index is 0.115. The number of hydrogen-bond donors (Lipinski definition) is 0. The highest BCUT2D eigenvalue weighted by molar-refractivity contribution is 6.59. The summed E-state index contributed by atoms with van der Waals surface area (Å²) in [5.41, 5.74) is 0.520. The molecule has 6 heteroatoms. The molecule has 0 aromatic heterocycles. The van der Waals surface area contributed by atoms with E-state index in [4.69, 9.17) is 33.7 Å². The largest absolute Gasteiger partial charge is 0.206 e. The van der Waals surface area contributed by atoms with Gasteiger partial charge in [-0.3, -0.25) is 0 Å². The van der Waals surface area contributed by atoms with E-state index >= 15 is 0 Å². The predicted molar refractivity (Wildman–Crippen MR) is 54.0 cm³/mol. The molecular formula is C8H2Cl2N4. The molecule has 0 aliphatic heterocycles. The molecule has 0 atom stereocenters. The number of aliphatic imine (C=N–C) groups is 2. The first-order valence-corrected chi connectivity index (χ1v) is 4.14. The van der Waals surface area contributed by atoms with Gasteiger partial charge in [0.1, 0.15) is 0 Å². The van der Waals surface area contributed by atoms with Gasteiger partial charge in [-0.1, -0.05) is 23.2 Å². The molecule has 0 bridgehead atoms. The van der Waals surface area contributed by atoms with E-state index in [0.717, 1.165) is 0 Å². The maximum Gasteiger partial charge on any atom is 0.206 e. The SMILES string of the molecule is N#CN=C1C=CC(=NC#N)C(Cl)=C1Cl. The van der Waals surface area contributed by atoms with E-state index in [9.17, 15) is 0 Å². The maximum absolute atomic E-state index is 8.31. The van der Waals surface area contributed by atoms with Gasteiger partial charge in [0.25, 0.3) is 0 Å². The Morgan fingerprint density at radius 3 is 1.57 bits per heavy atom. The molecule has 0 saturated heterocycles. The van der Waals surface area contributed by atoms with E-state index < -0.39 is 0 Å². The van der Waals surface area contributed by atoms with E-state index in [1.807, 2.05) is 0 Å². The fraction of sp³-hybridized carbons (Fsp3) is 0. The molecular weight excluding hydrogens is 223 g/mol. The third-order valence-electron chi connectivity index (χ3n) is 1.38. The van der Waals surface area contributed by atoms with Gasteiger partial charge in [-0.25, -0.2) is 0 Å². The lowest BCUT2D eigenvalue weighted by atomic mass is 10.1. The molecule has 1 rings (SSSR count). The van der Waals surface area contributed by atoms with Crippen molar-refractivity contribution in [3.63, 3.8) is 0 Å². The molecule has 68 valence electrons. The zero-order valence-corrected chi connectivity index (χ0v) is 8.21. The van der Waals surface area contributed by atoms with Crippen LogP contribution in [0.15, 0.2) is 32.2 Å². The molecule has 0 N–H and O–H groups in total. The second kappa shape index (κ2) is 4.57. The Hall–Kier alpha value is -1.62. The van der Waals surface area contributed by atoms with Crippen LogP contribution in [0.25, 0.3) is 0 Å². The molecule has 4 nitrogen and oxygen atoms in total. The van der Waals surface area contributed by atoms with Crippen molar-refractivity contribution < 1.29 is 0 Å². The molecule has 1 aliphatic rings. The summed E-state index contributed by atoms with van der Waals surface area (Å²) in [5.74, 6) is 0. The van der Waals surface area contributed by atoms with E-state index in [0.29, 0.717) is 0 Å². The molecule has 0 fully saturated rings. The Balaban J connectivity index is 3.21. The lowest BCUT2D eigenvalue weighted by Gasteiger charge is -2.07. The van der Waals surface area contributed by atoms with Crippen LogP contribution in [0.2, 0.25) is 0 Å². The van der Waals surface area contributed by atoms with Gasteiger partial charge in [0.15, 0.2) is 0 Å². The fourth-order valence-corrected chi connectivity index (χ4v) is 1.21. The summed E-state index contributed by atoms with van der Waals surface area (Å²) in [6.45, 7) is 0. The molecule has 14 heavy (non-hydrogen) atoms. The molecule has 1 aliphatic carbocycles. The van der Waals surface area contributed by atoms with Gasteiger partial charge in [-0.05, 0) is 12.2 Å². The van der Waals surface area contributed by atoms with Gasteiger partial charge in [0, 0.05) is 0 Å². The zero-order valence-electron chi connectivity index (χ0n) is 6.70. The summed E-state index contributed by atoms with van der Waals surface area (Å²) < 4.78 is 0. The molecule has 0 amide bonds. The normalized spacial score (nSPS) is 21.1. The summed E-state index contributed by atoms with van der Waals surface area (Å²) in [5, 5.41) is 16.9. The van der Waals surface area contributed by atoms with E-state index in [1.165, 1.54) is 12.2 Å². The van der Waals surface area contributed by atoms with Gasteiger partial charge in [-0.15, -0.1) is 0 Å². The third kappa shape index (κ3) is 2.00. The standard InChI is InChI=1S/C8H2Cl2N4/c9-7-5(13-3-11)1-2-6(8(7)10)14-4-12/h1-2H. The minimum Gasteiger partial charge on any atom is -0.172 e. The average Bonchev–Trinajstić information content (AvgIpc) is 2.18. The molecule has 0 heterocycles. The van der Waals surface area contributed by atoms with Crippen molar-refractivity contribution in [1.29, 1.82) is 10.5 Å². The van der Waals surface area contributed by atoms with Crippen LogP contribution >= 0.6 is 23.2 Å². The lowest BCUT2D eigenvalue weighted by molar-refractivity contribution is 1.43. The first-order chi connectivity index (χ1) is 6.70.